The first-order valence-electron chi connectivity index (χ1n) is 9.69. The zero-order chi connectivity index (χ0) is 22.3. The Kier molecular flexibility index (Phi) is 4.76. The van der Waals surface area contributed by atoms with Crippen LogP contribution in [0.3, 0.4) is 0 Å². The third kappa shape index (κ3) is 3.43. The van der Waals surface area contributed by atoms with Gasteiger partial charge in [-0.3, -0.25) is 0 Å². The first-order valence-corrected chi connectivity index (χ1v) is 12.7. The van der Waals surface area contributed by atoms with Crippen LogP contribution < -0.4 is 10.1 Å². The Labute approximate surface area is 186 Å². The van der Waals surface area contributed by atoms with E-state index in [1.54, 1.807) is 48.5 Å². The number of benzene rings is 4. The summed E-state index contributed by atoms with van der Waals surface area (Å²) in [5.74, 6) is 0.590. The average molecular weight is 464 g/mol. The Morgan fingerprint density at radius 3 is 1.31 bits per heavy atom. The summed E-state index contributed by atoms with van der Waals surface area (Å²) < 4.78 is 57.7. The summed E-state index contributed by atoms with van der Waals surface area (Å²) in [6.07, 6.45) is 0. The quantitative estimate of drug-likeness (QED) is 0.394. The molecule has 8 heteroatoms. The van der Waals surface area contributed by atoms with Gasteiger partial charge >= 0.3 is 0 Å². The van der Waals surface area contributed by atoms with E-state index in [2.05, 4.69) is 5.32 Å². The number of sulfone groups is 2. The number of rotatable bonds is 4. The Morgan fingerprint density at radius 2 is 0.906 bits per heavy atom. The lowest BCUT2D eigenvalue weighted by Crippen LogP contribution is -2.08. The van der Waals surface area contributed by atoms with Gasteiger partial charge in [-0.15, -0.1) is 0 Å². The lowest BCUT2D eigenvalue weighted by molar-refractivity contribution is 0.477. The van der Waals surface area contributed by atoms with Crippen molar-refractivity contribution >= 4 is 31.0 Å². The van der Waals surface area contributed by atoms with Crippen LogP contribution in [0.25, 0.3) is 0 Å². The zero-order valence-electron chi connectivity index (χ0n) is 16.6. The van der Waals surface area contributed by atoms with Gasteiger partial charge in [0.25, 0.3) is 0 Å². The minimum Gasteiger partial charge on any atom is -0.453 e. The molecule has 0 bridgehead atoms. The SMILES string of the molecule is O=S(=O)(c1ccccc1)c1ccc2c(c1)Oc1cc(S(=O)(=O)c3ccccc3)ccc1N2. The second-order valence-corrected chi connectivity index (χ2v) is 11.1. The van der Waals surface area contributed by atoms with Gasteiger partial charge in [-0.25, -0.2) is 16.8 Å². The van der Waals surface area contributed by atoms with Gasteiger partial charge in [-0.1, -0.05) is 36.4 Å². The molecule has 160 valence electrons. The summed E-state index contributed by atoms with van der Waals surface area (Å²) in [4.78, 5) is 0.530. The summed E-state index contributed by atoms with van der Waals surface area (Å²) in [5, 5.41) is 3.16. The number of ether oxygens (including phenoxy) is 1. The molecule has 5 rings (SSSR count). The fourth-order valence-corrected chi connectivity index (χ4v) is 6.04. The van der Waals surface area contributed by atoms with E-state index in [4.69, 9.17) is 4.74 Å². The van der Waals surface area contributed by atoms with Crippen molar-refractivity contribution in [3.63, 3.8) is 0 Å². The highest BCUT2D eigenvalue weighted by Crippen LogP contribution is 2.44. The van der Waals surface area contributed by atoms with Gasteiger partial charge in [0.2, 0.25) is 19.7 Å². The Balaban J connectivity index is 1.52. The number of nitrogens with one attached hydrogen (secondary N) is 1. The van der Waals surface area contributed by atoms with Crippen LogP contribution in [0.15, 0.2) is 117 Å². The molecule has 0 atom stereocenters. The van der Waals surface area contributed by atoms with E-state index >= 15 is 0 Å². The highest BCUT2D eigenvalue weighted by molar-refractivity contribution is 7.91. The summed E-state index contributed by atoms with van der Waals surface area (Å²) in [5.41, 5.74) is 1.17. The zero-order valence-corrected chi connectivity index (χ0v) is 18.2. The molecule has 0 spiro atoms. The molecule has 0 amide bonds. The van der Waals surface area contributed by atoms with E-state index < -0.39 is 19.7 Å². The van der Waals surface area contributed by atoms with Crippen LogP contribution in [0.1, 0.15) is 0 Å². The molecule has 0 saturated carbocycles. The maximum Gasteiger partial charge on any atom is 0.206 e. The summed E-state index contributed by atoms with van der Waals surface area (Å²) in [7, 11) is -7.44. The first kappa shape index (κ1) is 20.3. The molecular formula is C24H17NO5S2. The fourth-order valence-electron chi connectivity index (χ4n) is 3.45. The third-order valence-corrected chi connectivity index (χ3v) is 8.66. The van der Waals surface area contributed by atoms with Crippen molar-refractivity contribution in [1.82, 2.24) is 0 Å². The molecule has 1 N–H and O–H groups in total. The van der Waals surface area contributed by atoms with E-state index in [0.717, 1.165) is 0 Å². The number of hydrogen-bond acceptors (Lipinski definition) is 6. The molecule has 0 radical (unpaired) electrons. The first-order chi connectivity index (χ1) is 15.4. The fraction of sp³-hybridized carbons (Fsp3) is 0. The van der Waals surface area contributed by atoms with Crippen molar-refractivity contribution in [2.75, 3.05) is 5.32 Å². The van der Waals surface area contributed by atoms with Crippen molar-refractivity contribution in [2.24, 2.45) is 0 Å². The van der Waals surface area contributed by atoms with Gasteiger partial charge < -0.3 is 10.1 Å². The summed E-state index contributed by atoms with van der Waals surface area (Å²) in [6.45, 7) is 0. The lowest BCUT2D eigenvalue weighted by Gasteiger charge is -2.23. The molecular weight excluding hydrogens is 446 g/mol. The van der Waals surface area contributed by atoms with Crippen molar-refractivity contribution in [3.8, 4) is 11.5 Å². The molecule has 0 aliphatic carbocycles. The van der Waals surface area contributed by atoms with Gasteiger partial charge in [-0.05, 0) is 48.5 Å². The smallest absolute Gasteiger partial charge is 0.206 e. The summed E-state index contributed by atoms with van der Waals surface area (Å²) in [6, 6.07) is 25.4. The Hall–Kier alpha value is -3.62. The molecule has 4 aromatic rings. The van der Waals surface area contributed by atoms with Crippen LogP contribution in [0.2, 0.25) is 0 Å². The maximum atomic E-state index is 13.0. The van der Waals surface area contributed by atoms with Gasteiger partial charge in [0.05, 0.1) is 31.0 Å². The minimum atomic E-state index is -3.72. The molecule has 0 fully saturated rings. The van der Waals surface area contributed by atoms with Crippen LogP contribution in [0, 0.1) is 0 Å². The average Bonchev–Trinajstić information content (AvgIpc) is 2.83. The number of hydrogen-bond donors (Lipinski definition) is 1. The molecule has 6 nitrogen and oxygen atoms in total. The van der Waals surface area contributed by atoms with E-state index in [1.807, 2.05) is 0 Å². The largest absolute Gasteiger partial charge is 0.453 e. The molecule has 0 aromatic heterocycles. The van der Waals surface area contributed by atoms with Gasteiger partial charge in [-0.2, -0.15) is 0 Å². The van der Waals surface area contributed by atoms with E-state index in [0.29, 0.717) is 22.9 Å². The molecule has 32 heavy (non-hydrogen) atoms. The van der Waals surface area contributed by atoms with E-state index in [1.165, 1.54) is 48.5 Å². The van der Waals surface area contributed by atoms with Crippen LogP contribution in [-0.2, 0) is 19.7 Å². The van der Waals surface area contributed by atoms with Gasteiger partial charge in [0.1, 0.15) is 0 Å². The third-order valence-electron chi connectivity index (χ3n) is 5.12. The number of anilines is 2. The second kappa shape index (κ2) is 7.51. The molecule has 0 saturated heterocycles. The topological polar surface area (TPSA) is 89.5 Å². The predicted molar refractivity (Wildman–Crippen MR) is 120 cm³/mol. The molecule has 0 unspecified atom stereocenters. The van der Waals surface area contributed by atoms with Crippen LogP contribution >= 0.6 is 0 Å². The second-order valence-electron chi connectivity index (χ2n) is 7.18. The summed E-state index contributed by atoms with van der Waals surface area (Å²) >= 11 is 0. The van der Waals surface area contributed by atoms with Crippen molar-refractivity contribution < 1.29 is 21.6 Å². The molecule has 1 aliphatic heterocycles. The van der Waals surface area contributed by atoms with Crippen molar-refractivity contribution in [1.29, 1.82) is 0 Å². The normalized spacial score (nSPS) is 12.8. The standard InChI is InChI=1S/C24H17NO5S2/c26-31(27,17-7-3-1-4-8-17)19-11-13-21-23(15-19)30-24-16-20(12-14-22(24)25-21)32(28,29)18-9-5-2-6-10-18/h1-16,25H. The van der Waals surface area contributed by atoms with Crippen LogP contribution in [0.4, 0.5) is 11.4 Å². The van der Waals surface area contributed by atoms with Crippen molar-refractivity contribution in [2.45, 2.75) is 19.6 Å². The molecule has 4 aromatic carbocycles. The Morgan fingerprint density at radius 1 is 0.500 bits per heavy atom. The lowest BCUT2D eigenvalue weighted by atomic mass is 10.2. The van der Waals surface area contributed by atoms with Crippen molar-refractivity contribution in [3.05, 3.63) is 97.1 Å². The highest BCUT2D eigenvalue weighted by Gasteiger charge is 2.25. The predicted octanol–water partition coefficient (Wildman–Crippen LogP) is 5.20. The van der Waals surface area contributed by atoms with Crippen LogP contribution in [-0.4, -0.2) is 16.8 Å². The number of fused-ring (bicyclic) bond motifs is 2. The highest BCUT2D eigenvalue weighted by atomic mass is 32.2. The monoisotopic (exact) mass is 463 g/mol. The van der Waals surface area contributed by atoms with Gasteiger partial charge in [0, 0.05) is 12.1 Å². The van der Waals surface area contributed by atoms with Gasteiger partial charge in [0.15, 0.2) is 11.5 Å². The van der Waals surface area contributed by atoms with E-state index in [9.17, 15) is 16.8 Å². The minimum absolute atomic E-state index is 0.0840. The van der Waals surface area contributed by atoms with E-state index in [-0.39, 0.29) is 19.6 Å². The maximum absolute atomic E-state index is 13.0. The molecule has 1 heterocycles. The Bertz CT molecular complexity index is 1420. The molecule has 1 aliphatic rings. The van der Waals surface area contributed by atoms with Crippen LogP contribution in [0.5, 0.6) is 11.5 Å².